The van der Waals surface area contributed by atoms with Gasteiger partial charge in [0.15, 0.2) is 0 Å². The van der Waals surface area contributed by atoms with Crippen LogP contribution in [-0.4, -0.2) is 28.6 Å². The van der Waals surface area contributed by atoms with Gasteiger partial charge < -0.3 is 10.0 Å². The molecule has 0 bridgehead atoms. The Hall–Kier alpha value is -1.38. The van der Waals surface area contributed by atoms with Gasteiger partial charge in [-0.2, -0.15) is 0 Å². The highest BCUT2D eigenvalue weighted by atomic mass is 127. The molecule has 0 aliphatic heterocycles. The Kier molecular flexibility index (Phi) is 5.52. The number of carboxylic acid groups (broad SMARTS) is 1. The maximum Gasteiger partial charge on any atom is 0.305 e. The normalized spacial score (nSPS) is 10.5. The molecule has 0 heterocycles. The van der Waals surface area contributed by atoms with Gasteiger partial charge in [-0.15, -0.1) is 0 Å². The second kappa shape index (κ2) is 6.69. The van der Waals surface area contributed by atoms with Gasteiger partial charge in [0, 0.05) is 22.2 Å². The van der Waals surface area contributed by atoms with Gasteiger partial charge in [0.05, 0.1) is 11.3 Å². The fraction of sp³-hybridized carbons (Fsp3) is 0.417. The fourth-order valence-electron chi connectivity index (χ4n) is 1.76. The van der Waals surface area contributed by atoms with Gasteiger partial charge in [-0.1, -0.05) is 0 Å². The van der Waals surface area contributed by atoms with Crippen molar-refractivity contribution in [1.29, 1.82) is 0 Å². The van der Waals surface area contributed by atoms with Crippen LogP contribution in [0.25, 0.3) is 0 Å². The molecule has 1 aromatic carbocycles. The SMILES string of the molecule is CC(C)N(CCC(=O)O)c1ccc(I)cc1[N+](=O)[O-]. The summed E-state index contributed by atoms with van der Waals surface area (Å²) in [5, 5.41) is 19.9. The number of benzene rings is 1. The minimum absolute atomic E-state index is 0.00555. The molecule has 0 atom stereocenters. The predicted molar refractivity (Wildman–Crippen MR) is 80.5 cm³/mol. The number of anilines is 1. The molecule has 0 saturated carbocycles. The molecular weight excluding hydrogens is 363 g/mol. The number of hydrogen-bond acceptors (Lipinski definition) is 4. The molecule has 1 rings (SSSR count). The van der Waals surface area contributed by atoms with E-state index in [1.165, 1.54) is 6.07 Å². The Balaban J connectivity index is 3.14. The number of rotatable bonds is 6. The van der Waals surface area contributed by atoms with Crippen molar-refractivity contribution in [3.8, 4) is 0 Å². The van der Waals surface area contributed by atoms with E-state index in [0.717, 1.165) is 3.57 Å². The predicted octanol–water partition coefficient (Wildman–Crippen LogP) is 2.89. The third-order valence-corrected chi connectivity index (χ3v) is 3.30. The molecule has 0 amide bonds. The third-order valence-electron chi connectivity index (χ3n) is 2.63. The van der Waals surface area contributed by atoms with Crippen LogP contribution < -0.4 is 4.90 Å². The summed E-state index contributed by atoms with van der Waals surface area (Å²) < 4.78 is 0.773. The zero-order valence-electron chi connectivity index (χ0n) is 10.7. The van der Waals surface area contributed by atoms with Gasteiger partial charge in [-0.05, 0) is 48.6 Å². The van der Waals surface area contributed by atoms with E-state index in [2.05, 4.69) is 0 Å². The van der Waals surface area contributed by atoms with E-state index in [4.69, 9.17) is 5.11 Å². The minimum atomic E-state index is -0.918. The van der Waals surface area contributed by atoms with Crippen molar-refractivity contribution in [2.75, 3.05) is 11.4 Å². The number of carbonyl (C=O) groups is 1. The Bertz CT molecular complexity index is 491. The lowest BCUT2D eigenvalue weighted by molar-refractivity contribution is -0.384. The van der Waals surface area contributed by atoms with E-state index in [0.29, 0.717) is 5.69 Å². The molecular formula is C12H15IN2O4. The average Bonchev–Trinajstić information content (AvgIpc) is 2.29. The second-order valence-corrected chi connectivity index (χ2v) is 5.57. The van der Waals surface area contributed by atoms with E-state index < -0.39 is 10.9 Å². The summed E-state index contributed by atoms with van der Waals surface area (Å²) in [6, 6.07) is 4.92. The lowest BCUT2D eigenvalue weighted by atomic mass is 10.2. The third kappa shape index (κ3) is 4.34. The number of aliphatic carboxylic acids is 1. The van der Waals surface area contributed by atoms with Crippen molar-refractivity contribution in [2.24, 2.45) is 0 Å². The number of carboxylic acids is 1. The summed E-state index contributed by atoms with van der Waals surface area (Å²) in [5.41, 5.74) is 0.465. The molecule has 0 aliphatic rings. The molecule has 0 aliphatic carbocycles. The van der Waals surface area contributed by atoms with Crippen LogP contribution in [0.5, 0.6) is 0 Å². The zero-order valence-corrected chi connectivity index (χ0v) is 12.8. The molecule has 0 aromatic heterocycles. The van der Waals surface area contributed by atoms with Gasteiger partial charge in [-0.3, -0.25) is 14.9 Å². The molecule has 0 unspecified atom stereocenters. The highest BCUT2D eigenvalue weighted by Gasteiger charge is 2.22. The van der Waals surface area contributed by atoms with E-state index in [9.17, 15) is 14.9 Å². The first-order chi connectivity index (χ1) is 8.82. The van der Waals surface area contributed by atoms with Crippen LogP contribution in [0.2, 0.25) is 0 Å². The number of nitro benzene ring substituents is 1. The Morgan fingerprint density at radius 2 is 2.16 bits per heavy atom. The quantitative estimate of drug-likeness (QED) is 0.468. The molecule has 1 aromatic rings. The van der Waals surface area contributed by atoms with Gasteiger partial charge in [0.1, 0.15) is 5.69 Å². The van der Waals surface area contributed by atoms with Crippen molar-refractivity contribution in [2.45, 2.75) is 26.3 Å². The lowest BCUT2D eigenvalue weighted by Gasteiger charge is -2.28. The van der Waals surface area contributed by atoms with Crippen molar-refractivity contribution in [3.63, 3.8) is 0 Å². The van der Waals surface area contributed by atoms with E-state index in [1.807, 2.05) is 36.4 Å². The smallest absolute Gasteiger partial charge is 0.305 e. The molecule has 0 saturated heterocycles. The monoisotopic (exact) mass is 378 g/mol. The minimum Gasteiger partial charge on any atom is -0.481 e. The first-order valence-electron chi connectivity index (χ1n) is 5.75. The standard InChI is InChI=1S/C12H15IN2O4/c1-8(2)14(6-5-12(16)17)10-4-3-9(13)7-11(10)15(18)19/h3-4,7-8H,5-6H2,1-2H3,(H,16,17). The van der Waals surface area contributed by atoms with Crippen LogP contribution in [0.3, 0.4) is 0 Å². The van der Waals surface area contributed by atoms with Gasteiger partial charge >= 0.3 is 5.97 Å². The van der Waals surface area contributed by atoms with Crippen LogP contribution >= 0.6 is 22.6 Å². The number of nitrogens with zero attached hydrogens (tertiary/aromatic N) is 2. The lowest BCUT2D eigenvalue weighted by Crippen LogP contribution is -2.33. The topological polar surface area (TPSA) is 83.7 Å². The van der Waals surface area contributed by atoms with Crippen LogP contribution in [0.4, 0.5) is 11.4 Å². The summed E-state index contributed by atoms with van der Waals surface area (Å²) >= 11 is 2.01. The van der Waals surface area contributed by atoms with Gasteiger partial charge in [0.25, 0.3) is 5.69 Å². The largest absolute Gasteiger partial charge is 0.481 e. The van der Waals surface area contributed by atoms with Crippen molar-refractivity contribution < 1.29 is 14.8 Å². The molecule has 0 fully saturated rings. The molecule has 104 valence electrons. The van der Waals surface area contributed by atoms with Crippen molar-refractivity contribution in [1.82, 2.24) is 0 Å². The molecule has 19 heavy (non-hydrogen) atoms. The first-order valence-corrected chi connectivity index (χ1v) is 6.83. The van der Waals surface area contributed by atoms with Gasteiger partial charge in [0.2, 0.25) is 0 Å². The van der Waals surface area contributed by atoms with Crippen LogP contribution in [0.1, 0.15) is 20.3 Å². The highest BCUT2D eigenvalue weighted by molar-refractivity contribution is 14.1. The first kappa shape index (κ1) is 15.7. The Labute approximate surface area is 124 Å². The van der Waals surface area contributed by atoms with Crippen LogP contribution in [-0.2, 0) is 4.79 Å². The summed E-state index contributed by atoms with van der Waals surface area (Å²) in [5.74, 6) is -0.918. The number of nitro groups is 1. The number of hydrogen-bond donors (Lipinski definition) is 1. The van der Waals surface area contributed by atoms with E-state index >= 15 is 0 Å². The van der Waals surface area contributed by atoms with Crippen molar-refractivity contribution in [3.05, 3.63) is 31.9 Å². The maximum absolute atomic E-state index is 11.1. The molecule has 7 heteroatoms. The Morgan fingerprint density at radius 1 is 1.53 bits per heavy atom. The van der Waals surface area contributed by atoms with Crippen molar-refractivity contribution >= 4 is 39.9 Å². The fourth-order valence-corrected chi connectivity index (χ4v) is 2.23. The average molecular weight is 378 g/mol. The highest BCUT2D eigenvalue weighted by Crippen LogP contribution is 2.31. The summed E-state index contributed by atoms with van der Waals surface area (Å²) in [6.07, 6.45) is -0.0542. The maximum atomic E-state index is 11.1. The Morgan fingerprint density at radius 3 is 2.63 bits per heavy atom. The molecule has 0 radical (unpaired) electrons. The molecule has 1 N–H and O–H groups in total. The van der Waals surface area contributed by atoms with E-state index in [1.54, 1.807) is 17.0 Å². The molecule has 6 nitrogen and oxygen atoms in total. The molecule has 0 spiro atoms. The number of halogens is 1. The summed E-state index contributed by atoms with van der Waals surface area (Å²) in [6.45, 7) is 4.00. The zero-order chi connectivity index (χ0) is 14.6. The van der Waals surface area contributed by atoms with E-state index in [-0.39, 0.29) is 24.7 Å². The van der Waals surface area contributed by atoms with Gasteiger partial charge in [-0.25, -0.2) is 0 Å². The second-order valence-electron chi connectivity index (χ2n) is 4.32. The van der Waals surface area contributed by atoms with Crippen LogP contribution in [0.15, 0.2) is 18.2 Å². The van der Waals surface area contributed by atoms with Crippen LogP contribution in [0, 0.1) is 13.7 Å². The summed E-state index contributed by atoms with van der Waals surface area (Å²) in [7, 11) is 0. The summed E-state index contributed by atoms with van der Waals surface area (Å²) in [4.78, 5) is 23.1.